The SMILES string of the molecule is COCC1CN(C(=O)C2CC3CCCC(C2)C3N)CCO1. The van der Waals surface area contributed by atoms with Crippen LogP contribution in [0, 0.1) is 17.8 Å². The highest BCUT2D eigenvalue weighted by Crippen LogP contribution is 2.42. The lowest BCUT2D eigenvalue weighted by Crippen LogP contribution is -2.53. The molecular formula is C16H28N2O3. The van der Waals surface area contributed by atoms with Crippen LogP contribution in [0.1, 0.15) is 32.1 Å². The van der Waals surface area contributed by atoms with E-state index in [2.05, 4.69) is 0 Å². The van der Waals surface area contributed by atoms with Gasteiger partial charge in [-0.25, -0.2) is 0 Å². The summed E-state index contributed by atoms with van der Waals surface area (Å²) in [5.74, 6) is 1.62. The first-order valence-corrected chi connectivity index (χ1v) is 8.34. The van der Waals surface area contributed by atoms with E-state index < -0.39 is 0 Å². The fourth-order valence-corrected chi connectivity index (χ4v) is 4.46. The summed E-state index contributed by atoms with van der Waals surface area (Å²) in [5.41, 5.74) is 6.33. The van der Waals surface area contributed by atoms with Gasteiger partial charge in [-0.3, -0.25) is 4.79 Å². The predicted octanol–water partition coefficient (Wildman–Crippen LogP) is 1.01. The molecule has 2 bridgehead atoms. The molecule has 0 radical (unpaired) electrons. The Balaban J connectivity index is 1.60. The van der Waals surface area contributed by atoms with Gasteiger partial charge in [0.1, 0.15) is 0 Å². The molecule has 0 spiro atoms. The maximum absolute atomic E-state index is 12.8. The normalized spacial score (nSPS) is 40.1. The molecule has 2 saturated carbocycles. The Morgan fingerprint density at radius 1 is 1.33 bits per heavy atom. The smallest absolute Gasteiger partial charge is 0.225 e. The van der Waals surface area contributed by atoms with Gasteiger partial charge in [0.15, 0.2) is 0 Å². The van der Waals surface area contributed by atoms with Crippen molar-refractivity contribution in [3.63, 3.8) is 0 Å². The number of fused-ring (bicyclic) bond motifs is 2. The van der Waals surface area contributed by atoms with Gasteiger partial charge in [-0.2, -0.15) is 0 Å². The summed E-state index contributed by atoms with van der Waals surface area (Å²) in [7, 11) is 1.67. The molecule has 1 saturated heterocycles. The van der Waals surface area contributed by atoms with Gasteiger partial charge in [0.05, 0.1) is 19.3 Å². The van der Waals surface area contributed by atoms with Crippen LogP contribution in [0.25, 0.3) is 0 Å². The van der Waals surface area contributed by atoms with Crippen LogP contribution >= 0.6 is 0 Å². The van der Waals surface area contributed by atoms with E-state index in [-0.39, 0.29) is 12.0 Å². The molecule has 5 nitrogen and oxygen atoms in total. The number of carbonyl (C=O) groups is 1. The van der Waals surface area contributed by atoms with E-state index in [0.717, 1.165) is 19.4 Å². The lowest BCUT2D eigenvalue weighted by Gasteiger charge is -2.45. The third kappa shape index (κ3) is 3.25. The van der Waals surface area contributed by atoms with Crippen molar-refractivity contribution in [2.75, 3.05) is 33.4 Å². The molecule has 5 heteroatoms. The highest BCUT2D eigenvalue weighted by Gasteiger charge is 2.42. The summed E-state index contributed by atoms with van der Waals surface area (Å²) in [6, 6.07) is 0.328. The second-order valence-corrected chi connectivity index (χ2v) is 6.93. The van der Waals surface area contributed by atoms with Gasteiger partial charge in [-0.05, 0) is 37.5 Å². The Kier molecular flexibility index (Phi) is 4.82. The van der Waals surface area contributed by atoms with Crippen LogP contribution in [0.4, 0.5) is 0 Å². The third-order valence-electron chi connectivity index (χ3n) is 5.57. The number of methoxy groups -OCH3 is 1. The van der Waals surface area contributed by atoms with Gasteiger partial charge in [0, 0.05) is 32.2 Å². The van der Waals surface area contributed by atoms with Crippen molar-refractivity contribution in [3.8, 4) is 0 Å². The van der Waals surface area contributed by atoms with Crippen LogP contribution in [0.15, 0.2) is 0 Å². The van der Waals surface area contributed by atoms with E-state index in [1.54, 1.807) is 7.11 Å². The number of carbonyl (C=O) groups excluding carboxylic acids is 1. The third-order valence-corrected chi connectivity index (χ3v) is 5.57. The topological polar surface area (TPSA) is 64.8 Å². The average Bonchev–Trinajstić information content (AvgIpc) is 2.47. The van der Waals surface area contributed by atoms with E-state index >= 15 is 0 Å². The number of ether oxygens (including phenoxy) is 2. The summed E-state index contributed by atoms with van der Waals surface area (Å²) >= 11 is 0. The maximum Gasteiger partial charge on any atom is 0.225 e. The van der Waals surface area contributed by atoms with Gasteiger partial charge >= 0.3 is 0 Å². The Bertz CT molecular complexity index is 361. The van der Waals surface area contributed by atoms with Crippen molar-refractivity contribution in [2.45, 2.75) is 44.2 Å². The molecule has 3 fully saturated rings. The standard InChI is InChI=1S/C16H28N2O3/c1-20-10-14-9-18(5-6-21-14)16(19)13-7-11-3-2-4-12(8-13)15(11)17/h11-15H,2-10,17H2,1H3. The summed E-state index contributed by atoms with van der Waals surface area (Å²) < 4.78 is 10.8. The van der Waals surface area contributed by atoms with E-state index in [1.165, 1.54) is 19.3 Å². The lowest BCUT2D eigenvalue weighted by molar-refractivity contribution is -0.148. The minimum atomic E-state index is 0.0260. The quantitative estimate of drug-likeness (QED) is 0.844. The zero-order chi connectivity index (χ0) is 14.8. The Hall–Kier alpha value is -0.650. The summed E-state index contributed by atoms with van der Waals surface area (Å²) in [5, 5.41) is 0. The number of morpholine rings is 1. The van der Waals surface area contributed by atoms with E-state index in [9.17, 15) is 4.79 Å². The number of rotatable bonds is 3. The predicted molar refractivity (Wildman–Crippen MR) is 79.7 cm³/mol. The number of nitrogens with two attached hydrogens (primary N) is 1. The lowest BCUT2D eigenvalue weighted by atomic mass is 9.65. The van der Waals surface area contributed by atoms with E-state index in [1.807, 2.05) is 4.90 Å². The van der Waals surface area contributed by atoms with Crippen molar-refractivity contribution in [3.05, 3.63) is 0 Å². The molecule has 0 aromatic carbocycles. The zero-order valence-corrected chi connectivity index (χ0v) is 13.0. The highest BCUT2D eigenvalue weighted by molar-refractivity contribution is 5.79. The molecule has 1 aliphatic heterocycles. The van der Waals surface area contributed by atoms with Gasteiger partial charge < -0.3 is 20.1 Å². The summed E-state index contributed by atoms with van der Waals surface area (Å²) in [6.07, 6.45) is 5.70. The van der Waals surface area contributed by atoms with Crippen LogP contribution in [0.5, 0.6) is 0 Å². The van der Waals surface area contributed by atoms with Crippen molar-refractivity contribution < 1.29 is 14.3 Å². The molecule has 21 heavy (non-hydrogen) atoms. The molecule has 3 atom stereocenters. The molecule has 3 rings (SSSR count). The number of nitrogens with zero attached hydrogens (tertiary/aromatic N) is 1. The Labute approximate surface area is 127 Å². The molecule has 3 aliphatic rings. The Morgan fingerprint density at radius 3 is 2.71 bits per heavy atom. The number of hydrogen-bond acceptors (Lipinski definition) is 4. The van der Waals surface area contributed by atoms with Gasteiger partial charge in [-0.1, -0.05) is 6.42 Å². The molecule has 2 aliphatic carbocycles. The van der Waals surface area contributed by atoms with E-state index in [4.69, 9.17) is 15.2 Å². The molecule has 0 aromatic rings. The molecular weight excluding hydrogens is 268 g/mol. The second-order valence-electron chi connectivity index (χ2n) is 6.93. The molecule has 0 aromatic heterocycles. The van der Waals surface area contributed by atoms with Crippen LogP contribution in [-0.4, -0.2) is 56.4 Å². The number of hydrogen-bond donors (Lipinski definition) is 1. The highest BCUT2D eigenvalue weighted by atomic mass is 16.5. The monoisotopic (exact) mass is 296 g/mol. The first kappa shape index (κ1) is 15.3. The molecule has 3 unspecified atom stereocenters. The largest absolute Gasteiger partial charge is 0.382 e. The van der Waals surface area contributed by atoms with Crippen molar-refractivity contribution >= 4 is 5.91 Å². The van der Waals surface area contributed by atoms with Gasteiger partial charge in [0.2, 0.25) is 5.91 Å². The van der Waals surface area contributed by atoms with Gasteiger partial charge in [0.25, 0.3) is 0 Å². The van der Waals surface area contributed by atoms with Crippen molar-refractivity contribution in [1.82, 2.24) is 4.90 Å². The Morgan fingerprint density at radius 2 is 2.05 bits per heavy atom. The van der Waals surface area contributed by atoms with Crippen LogP contribution in [-0.2, 0) is 14.3 Å². The minimum absolute atomic E-state index is 0.0260. The first-order chi connectivity index (χ1) is 10.2. The van der Waals surface area contributed by atoms with Crippen molar-refractivity contribution in [1.29, 1.82) is 0 Å². The van der Waals surface area contributed by atoms with Gasteiger partial charge in [-0.15, -0.1) is 0 Å². The average molecular weight is 296 g/mol. The maximum atomic E-state index is 12.8. The zero-order valence-electron chi connectivity index (χ0n) is 13.0. The van der Waals surface area contributed by atoms with Crippen LogP contribution in [0.2, 0.25) is 0 Å². The molecule has 1 amide bonds. The van der Waals surface area contributed by atoms with Crippen molar-refractivity contribution in [2.24, 2.45) is 23.5 Å². The number of amides is 1. The summed E-state index contributed by atoms with van der Waals surface area (Å²) in [4.78, 5) is 14.8. The van der Waals surface area contributed by atoms with Crippen LogP contribution in [0.3, 0.4) is 0 Å². The van der Waals surface area contributed by atoms with Crippen LogP contribution < -0.4 is 5.73 Å². The summed E-state index contributed by atoms with van der Waals surface area (Å²) in [6.45, 7) is 2.57. The molecule has 2 N–H and O–H groups in total. The fraction of sp³-hybridized carbons (Fsp3) is 0.938. The first-order valence-electron chi connectivity index (χ1n) is 8.34. The fourth-order valence-electron chi connectivity index (χ4n) is 4.46. The van der Waals surface area contributed by atoms with E-state index in [0.29, 0.717) is 43.5 Å². The second kappa shape index (κ2) is 6.63. The molecule has 120 valence electrons. The minimum Gasteiger partial charge on any atom is -0.382 e. The molecule has 1 heterocycles.